The summed E-state index contributed by atoms with van der Waals surface area (Å²) >= 11 is 0. The van der Waals surface area contributed by atoms with Crippen LogP contribution >= 0.6 is 0 Å². The van der Waals surface area contributed by atoms with Gasteiger partial charge < -0.3 is 4.90 Å². The van der Waals surface area contributed by atoms with E-state index in [-0.39, 0.29) is 5.78 Å². The van der Waals surface area contributed by atoms with E-state index in [1.807, 2.05) is 18.2 Å². The fourth-order valence-electron chi connectivity index (χ4n) is 2.65. The molecule has 0 saturated carbocycles. The number of carbonyl (C=O) groups is 1. The van der Waals surface area contributed by atoms with Crippen LogP contribution in [0.15, 0.2) is 24.3 Å². The summed E-state index contributed by atoms with van der Waals surface area (Å²) < 4.78 is 0. The molecule has 0 radical (unpaired) electrons. The van der Waals surface area contributed by atoms with Crippen LogP contribution in [0, 0.1) is 0 Å². The third-order valence-electron chi connectivity index (χ3n) is 3.87. The van der Waals surface area contributed by atoms with Gasteiger partial charge in [-0.3, -0.25) is 9.69 Å². The van der Waals surface area contributed by atoms with Crippen LogP contribution in [-0.2, 0) is 0 Å². The van der Waals surface area contributed by atoms with Crippen LogP contribution in [0.25, 0.3) is 0 Å². The van der Waals surface area contributed by atoms with E-state index < -0.39 is 0 Å². The topological polar surface area (TPSA) is 23.6 Å². The summed E-state index contributed by atoms with van der Waals surface area (Å²) in [5, 5.41) is 0. The first-order valence-electron chi connectivity index (χ1n) is 6.68. The van der Waals surface area contributed by atoms with Crippen molar-refractivity contribution < 1.29 is 4.79 Å². The molecular formula is C15H22N2O. The van der Waals surface area contributed by atoms with Gasteiger partial charge in [0, 0.05) is 36.9 Å². The standard InChI is InChI=1S/C15H22N2O/c1-4-13-11-17(10-9-16(13)3)15-8-6-5-7-14(15)12(2)18/h5-8,13H,4,9-11H2,1-3H3. The average molecular weight is 246 g/mol. The largest absolute Gasteiger partial charge is 0.368 e. The van der Waals surface area contributed by atoms with Gasteiger partial charge in [-0.25, -0.2) is 0 Å². The van der Waals surface area contributed by atoms with Crippen molar-refractivity contribution >= 4 is 11.5 Å². The molecule has 2 rings (SSSR count). The lowest BCUT2D eigenvalue weighted by atomic mass is 10.1. The molecule has 0 amide bonds. The summed E-state index contributed by atoms with van der Waals surface area (Å²) in [4.78, 5) is 16.4. The van der Waals surface area contributed by atoms with Gasteiger partial charge >= 0.3 is 0 Å². The molecule has 1 fully saturated rings. The maximum atomic E-state index is 11.7. The Morgan fingerprint density at radius 2 is 2.06 bits per heavy atom. The second kappa shape index (κ2) is 5.53. The lowest BCUT2D eigenvalue weighted by Gasteiger charge is -2.40. The highest BCUT2D eigenvalue weighted by Gasteiger charge is 2.24. The fourth-order valence-corrected chi connectivity index (χ4v) is 2.65. The summed E-state index contributed by atoms with van der Waals surface area (Å²) in [7, 11) is 2.18. The quantitative estimate of drug-likeness (QED) is 0.765. The fraction of sp³-hybridized carbons (Fsp3) is 0.533. The highest BCUT2D eigenvalue weighted by Crippen LogP contribution is 2.24. The van der Waals surface area contributed by atoms with E-state index >= 15 is 0 Å². The first kappa shape index (κ1) is 13.1. The van der Waals surface area contributed by atoms with E-state index in [4.69, 9.17) is 0 Å². The Balaban J connectivity index is 2.24. The molecule has 0 spiro atoms. The maximum absolute atomic E-state index is 11.7. The Morgan fingerprint density at radius 3 is 2.72 bits per heavy atom. The van der Waals surface area contributed by atoms with Crippen LogP contribution in [0.2, 0.25) is 0 Å². The van der Waals surface area contributed by atoms with Gasteiger partial charge in [0.1, 0.15) is 0 Å². The molecule has 3 heteroatoms. The number of hydrogen-bond donors (Lipinski definition) is 0. The van der Waals surface area contributed by atoms with Crippen LogP contribution in [0.3, 0.4) is 0 Å². The Labute approximate surface area is 109 Å². The smallest absolute Gasteiger partial charge is 0.161 e. The van der Waals surface area contributed by atoms with Crippen LogP contribution in [0.5, 0.6) is 0 Å². The molecular weight excluding hydrogens is 224 g/mol. The van der Waals surface area contributed by atoms with Gasteiger partial charge in [0.2, 0.25) is 0 Å². The summed E-state index contributed by atoms with van der Waals surface area (Å²) in [6.07, 6.45) is 1.15. The van der Waals surface area contributed by atoms with Crippen LogP contribution in [0.1, 0.15) is 30.6 Å². The number of para-hydroxylation sites is 1. The van der Waals surface area contributed by atoms with Crippen molar-refractivity contribution in [3.05, 3.63) is 29.8 Å². The van der Waals surface area contributed by atoms with Crippen LogP contribution in [-0.4, -0.2) is 43.4 Å². The van der Waals surface area contributed by atoms with E-state index in [0.29, 0.717) is 6.04 Å². The minimum absolute atomic E-state index is 0.151. The summed E-state index contributed by atoms with van der Waals surface area (Å²) in [6.45, 7) is 6.94. The second-order valence-corrected chi connectivity index (χ2v) is 5.06. The van der Waals surface area contributed by atoms with Crippen molar-refractivity contribution in [2.75, 3.05) is 31.6 Å². The summed E-state index contributed by atoms with van der Waals surface area (Å²) in [5.41, 5.74) is 1.94. The molecule has 0 aliphatic carbocycles. The highest BCUT2D eigenvalue weighted by molar-refractivity contribution is 5.99. The molecule has 0 N–H and O–H groups in total. The van der Waals surface area contributed by atoms with E-state index in [2.05, 4.69) is 29.8 Å². The minimum atomic E-state index is 0.151. The molecule has 3 nitrogen and oxygen atoms in total. The molecule has 98 valence electrons. The Hall–Kier alpha value is -1.35. The predicted molar refractivity (Wildman–Crippen MR) is 75.4 cm³/mol. The number of anilines is 1. The Kier molecular flexibility index (Phi) is 4.02. The molecule has 1 saturated heterocycles. The molecule has 1 heterocycles. The van der Waals surface area contributed by atoms with Crippen molar-refractivity contribution in [3.63, 3.8) is 0 Å². The zero-order chi connectivity index (χ0) is 13.1. The summed E-state index contributed by atoms with van der Waals surface area (Å²) in [5.74, 6) is 0.151. The predicted octanol–water partition coefficient (Wildman–Crippen LogP) is 2.42. The normalized spacial score (nSPS) is 21.1. The van der Waals surface area contributed by atoms with E-state index in [1.165, 1.54) is 0 Å². The monoisotopic (exact) mass is 246 g/mol. The first-order chi connectivity index (χ1) is 8.63. The molecule has 1 unspecified atom stereocenters. The summed E-state index contributed by atoms with van der Waals surface area (Å²) in [6, 6.07) is 8.53. The molecule has 1 aliphatic heterocycles. The van der Waals surface area contributed by atoms with Gasteiger partial charge in [-0.15, -0.1) is 0 Å². The van der Waals surface area contributed by atoms with Crippen LogP contribution < -0.4 is 4.90 Å². The molecule has 18 heavy (non-hydrogen) atoms. The molecule has 0 aromatic heterocycles. The number of piperazine rings is 1. The second-order valence-electron chi connectivity index (χ2n) is 5.06. The third kappa shape index (κ3) is 2.56. The van der Waals surface area contributed by atoms with Gasteiger partial charge in [0.05, 0.1) is 0 Å². The van der Waals surface area contributed by atoms with Crippen molar-refractivity contribution in [2.24, 2.45) is 0 Å². The van der Waals surface area contributed by atoms with E-state index in [9.17, 15) is 4.79 Å². The number of rotatable bonds is 3. The highest BCUT2D eigenvalue weighted by atomic mass is 16.1. The lowest BCUT2D eigenvalue weighted by Crippen LogP contribution is -2.51. The SMILES string of the molecule is CCC1CN(c2ccccc2C(C)=O)CCN1C. The average Bonchev–Trinajstić information content (AvgIpc) is 2.39. The van der Waals surface area contributed by atoms with Gasteiger partial charge in [-0.05, 0) is 32.5 Å². The van der Waals surface area contributed by atoms with E-state index in [0.717, 1.165) is 37.3 Å². The number of nitrogens with zero attached hydrogens (tertiary/aromatic N) is 2. The van der Waals surface area contributed by atoms with Crippen molar-refractivity contribution in [1.29, 1.82) is 0 Å². The van der Waals surface area contributed by atoms with E-state index in [1.54, 1.807) is 6.92 Å². The Bertz CT molecular complexity index is 430. The molecule has 1 aliphatic rings. The zero-order valence-corrected chi connectivity index (χ0v) is 11.5. The Morgan fingerprint density at radius 1 is 1.33 bits per heavy atom. The maximum Gasteiger partial charge on any atom is 0.161 e. The molecule has 0 bridgehead atoms. The third-order valence-corrected chi connectivity index (χ3v) is 3.87. The van der Waals surface area contributed by atoms with Gasteiger partial charge in [0.25, 0.3) is 0 Å². The number of benzene rings is 1. The first-order valence-corrected chi connectivity index (χ1v) is 6.68. The van der Waals surface area contributed by atoms with Gasteiger partial charge in [-0.2, -0.15) is 0 Å². The van der Waals surface area contributed by atoms with Gasteiger partial charge in [-0.1, -0.05) is 19.1 Å². The molecule has 1 aromatic rings. The number of carbonyl (C=O) groups excluding carboxylic acids is 1. The minimum Gasteiger partial charge on any atom is -0.368 e. The number of Topliss-reactive ketones (excluding diaryl/α,β-unsaturated/α-hetero) is 1. The van der Waals surface area contributed by atoms with Crippen molar-refractivity contribution in [2.45, 2.75) is 26.3 Å². The van der Waals surface area contributed by atoms with Crippen molar-refractivity contribution in [3.8, 4) is 0 Å². The molecule has 1 atom stereocenters. The van der Waals surface area contributed by atoms with Crippen molar-refractivity contribution in [1.82, 2.24) is 4.90 Å². The zero-order valence-electron chi connectivity index (χ0n) is 11.5. The van der Waals surface area contributed by atoms with Crippen LogP contribution in [0.4, 0.5) is 5.69 Å². The molecule has 1 aromatic carbocycles. The number of hydrogen-bond acceptors (Lipinski definition) is 3. The number of likely N-dealkylation sites (N-methyl/N-ethyl adjacent to an activating group) is 1. The number of ketones is 1. The lowest BCUT2D eigenvalue weighted by molar-refractivity contribution is 0.101. The van der Waals surface area contributed by atoms with Gasteiger partial charge in [0.15, 0.2) is 5.78 Å².